The second-order valence-electron chi connectivity index (χ2n) is 1.16. The van der Waals surface area contributed by atoms with Gasteiger partial charge in [0.25, 0.3) is 0 Å². The van der Waals surface area contributed by atoms with Crippen LogP contribution in [0, 0.1) is 11.3 Å². The molecule has 0 aliphatic heterocycles. The number of hydrogen-bond donors (Lipinski definition) is 1. The highest BCUT2D eigenvalue weighted by atomic mass is 32.3. The lowest BCUT2D eigenvalue weighted by Gasteiger charge is -1.91. The van der Waals surface area contributed by atoms with E-state index in [1.165, 1.54) is 0 Å². The fourth-order valence-corrected chi connectivity index (χ4v) is 0.487. The molecule has 1 N–H and O–H groups in total. The summed E-state index contributed by atoms with van der Waals surface area (Å²) in [4.78, 5) is 0. The molecule has 0 spiro atoms. The molecule has 0 bridgehead atoms. The van der Waals surface area contributed by atoms with Crippen molar-refractivity contribution in [2.45, 2.75) is 6.42 Å². The first-order valence-corrected chi connectivity index (χ1v) is 3.41. The van der Waals surface area contributed by atoms with E-state index in [9.17, 15) is 8.42 Å². The van der Waals surface area contributed by atoms with Gasteiger partial charge in [-0.05, 0) is 0 Å². The molecule has 0 aromatic rings. The van der Waals surface area contributed by atoms with Crippen LogP contribution in [0.2, 0.25) is 0 Å². The molecular weight excluding hydrogens is 146 g/mol. The molecule has 0 atom stereocenters. The zero-order chi connectivity index (χ0) is 7.33. The minimum Gasteiger partial charge on any atom is -0.264 e. The maximum atomic E-state index is 9.73. The molecule has 0 aliphatic carbocycles. The van der Waals surface area contributed by atoms with Crippen molar-refractivity contribution in [3.63, 3.8) is 0 Å². The molecule has 0 heterocycles. The molecule has 0 aliphatic rings. The van der Waals surface area contributed by atoms with Gasteiger partial charge >= 0.3 is 10.4 Å². The van der Waals surface area contributed by atoms with Crippen molar-refractivity contribution in [1.82, 2.24) is 0 Å². The first-order valence-electron chi connectivity index (χ1n) is 2.05. The number of rotatable bonds is 3. The Morgan fingerprint density at radius 3 is 2.56 bits per heavy atom. The highest BCUT2D eigenvalue weighted by molar-refractivity contribution is 7.80. The minimum atomic E-state index is -4.35. The van der Waals surface area contributed by atoms with Crippen molar-refractivity contribution in [3.05, 3.63) is 0 Å². The third kappa shape index (κ3) is 7.36. The van der Waals surface area contributed by atoms with E-state index in [2.05, 4.69) is 4.18 Å². The van der Waals surface area contributed by atoms with Gasteiger partial charge in [0, 0.05) is 0 Å². The summed E-state index contributed by atoms with van der Waals surface area (Å²) < 4.78 is 31.1. The van der Waals surface area contributed by atoms with Crippen LogP contribution in [-0.2, 0) is 14.6 Å². The van der Waals surface area contributed by atoms with E-state index in [4.69, 9.17) is 9.81 Å². The van der Waals surface area contributed by atoms with Crippen molar-refractivity contribution < 1.29 is 17.2 Å². The largest absolute Gasteiger partial charge is 0.397 e. The van der Waals surface area contributed by atoms with Crippen LogP contribution in [0.5, 0.6) is 0 Å². The fourth-order valence-electron chi connectivity index (χ4n) is 0.193. The molecule has 0 fully saturated rings. The van der Waals surface area contributed by atoms with E-state index >= 15 is 0 Å². The third-order valence-corrected chi connectivity index (χ3v) is 0.911. The lowest BCUT2D eigenvalue weighted by Crippen LogP contribution is -2.03. The third-order valence-electron chi connectivity index (χ3n) is 0.446. The van der Waals surface area contributed by atoms with Gasteiger partial charge in [-0.1, -0.05) is 0 Å². The monoisotopic (exact) mass is 151 g/mol. The van der Waals surface area contributed by atoms with E-state index in [1.54, 1.807) is 6.07 Å². The molecule has 0 rings (SSSR count). The van der Waals surface area contributed by atoms with Crippen molar-refractivity contribution >= 4 is 10.4 Å². The second-order valence-corrected chi connectivity index (χ2v) is 2.25. The van der Waals surface area contributed by atoms with E-state index in [0.717, 1.165) is 0 Å². The highest BCUT2D eigenvalue weighted by Gasteiger charge is 2.01. The molecule has 0 radical (unpaired) electrons. The van der Waals surface area contributed by atoms with Crippen LogP contribution in [0.25, 0.3) is 0 Å². The topological polar surface area (TPSA) is 87.4 Å². The number of hydrogen-bond acceptors (Lipinski definition) is 4. The molecule has 52 valence electrons. The normalized spacial score (nSPS) is 10.7. The summed E-state index contributed by atoms with van der Waals surface area (Å²) in [6.07, 6.45) is -0.0558. The lowest BCUT2D eigenvalue weighted by atomic mass is 10.5. The Bertz CT molecular complexity index is 200. The van der Waals surface area contributed by atoms with Crippen LogP contribution < -0.4 is 0 Å². The minimum absolute atomic E-state index is 0.0558. The highest BCUT2D eigenvalue weighted by Crippen LogP contribution is 1.86. The van der Waals surface area contributed by atoms with Crippen molar-refractivity contribution in [2.24, 2.45) is 0 Å². The molecular formula is C3H5NO4S. The van der Waals surface area contributed by atoms with E-state index in [1.807, 2.05) is 0 Å². The summed E-state index contributed by atoms with van der Waals surface area (Å²) in [5.41, 5.74) is 0. The number of nitrogens with zero attached hydrogens (tertiary/aromatic N) is 1. The van der Waals surface area contributed by atoms with Gasteiger partial charge in [0.2, 0.25) is 0 Å². The van der Waals surface area contributed by atoms with Gasteiger partial charge in [-0.3, -0.25) is 4.55 Å². The van der Waals surface area contributed by atoms with E-state index in [-0.39, 0.29) is 13.0 Å². The molecule has 0 aromatic carbocycles. The SMILES string of the molecule is N#CCCOS(=O)(=O)O. The van der Waals surface area contributed by atoms with Crippen LogP contribution in [0.3, 0.4) is 0 Å². The van der Waals surface area contributed by atoms with Crippen LogP contribution in [0.15, 0.2) is 0 Å². The van der Waals surface area contributed by atoms with E-state index in [0.29, 0.717) is 0 Å². The molecule has 0 aromatic heterocycles. The summed E-state index contributed by atoms with van der Waals surface area (Å²) in [7, 11) is -4.35. The summed E-state index contributed by atoms with van der Waals surface area (Å²) >= 11 is 0. The summed E-state index contributed by atoms with van der Waals surface area (Å²) in [6, 6.07) is 1.64. The van der Waals surface area contributed by atoms with Crippen LogP contribution in [-0.4, -0.2) is 19.6 Å². The number of nitriles is 1. The Morgan fingerprint density at radius 2 is 2.22 bits per heavy atom. The predicted octanol–water partition coefficient (Wildman–Crippen LogP) is -0.281. The van der Waals surface area contributed by atoms with E-state index < -0.39 is 10.4 Å². The summed E-state index contributed by atoms with van der Waals surface area (Å²) in [6.45, 7) is -0.296. The fraction of sp³-hybridized carbons (Fsp3) is 0.667. The molecule has 0 saturated heterocycles. The van der Waals surface area contributed by atoms with Crippen LogP contribution in [0.1, 0.15) is 6.42 Å². The summed E-state index contributed by atoms with van der Waals surface area (Å²) in [5, 5.41) is 7.86. The Labute approximate surface area is 52.8 Å². The first kappa shape index (κ1) is 8.36. The quantitative estimate of drug-likeness (QED) is 0.442. The molecule has 6 heteroatoms. The second kappa shape index (κ2) is 3.40. The molecule has 9 heavy (non-hydrogen) atoms. The maximum absolute atomic E-state index is 9.73. The van der Waals surface area contributed by atoms with Crippen molar-refractivity contribution in [1.29, 1.82) is 5.26 Å². The van der Waals surface area contributed by atoms with Gasteiger partial charge in [0.15, 0.2) is 0 Å². The Hall–Kier alpha value is -0.640. The maximum Gasteiger partial charge on any atom is 0.397 e. The van der Waals surface area contributed by atoms with Crippen molar-refractivity contribution in [2.75, 3.05) is 6.61 Å². The van der Waals surface area contributed by atoms with Crippen molar-refractivity contribution in [3.8, 4) is 6.07 Å². The average molecular weight is 151 g/mol. The molecule has 5 nitrogen and oxygen atoms in total. The first-order chi connectivity index (χ1) is 4.06. The smallest absolute Gasteiger partial charge is 0.264 e. The predicted molar refractivity (Wildman–Crippen MR) is 27.7 cm³/mol. The molecule has 0 unspecified atom stereocenters. The summed E-state index contributed by atoms with van der Waals surface area (Å²) in [5.74, 6) is 0. The van der Waals surface area contributed by atoms with Gasteiger partial charge < -0.3 is 0 Å². The Morgan fingerprint density at radius 1 is 1.67 bits per heavy atom. The molecule has 0 saturated carbocycles. The van der Waals surface area contributed by atoms with Gasteiger partial charge in [-0.25, -0.2) is 4.18 Å². The zero-order valence-electron chi connectivity index (χ0n) is 4.44. The van der Waals surface area contributed by atoms with Gasteiger partial charge in [0.1, 0.15) is 0 Å². The van der Waals surface area contributed by atoms with Gasteiger partial charge in [-0.2, -0.15) is 13.7 Å². The average Bonchev–Trinajstić information content (AvgIpc) is 1.63. The lowest BCUT2D eigenvalue weighted by molar-refractivity contribution is 0.274. The Balaban J connectivity index is 3.44. The molecule has 0 amide bonds. The van der Waals surface area contributed by atoms with Gasteiger partial charge in [-0.15, -0.1) is 0 Å². The van der Waals surface area contributed by atoms with Crippen LogP contribution in [0.4, 0.5) is 0 Å². The van der Waals surface area contributed by atoms with Crippen LogP contribution >= 0.6 is 0 Å². The Kier molecular flexibility index (Phi) is 3.16. The zero-order valence-corrected chi connectivity index (χ0v) is 5.26. The standard InChI is InChI=1S/C3H5NO4S/c4-2-1-3-8-9(5,6)7/h1,3H2,(H,5,6,7). The van der Waals surface area contributed by atoms with Gasteiger partial charge in [0.05, 0.1) is 19.1 Å².